The largest absolute Gasteiger partial charge is 0.481 e. The summed E-state index contributed by atoms with van der Waals surface area (Å²) in [6, 6.07) is 5.14. The molecule has 0 bridgehead atoms. The van der Waals surface area contributed by atoms with E-state index in [1.165, 1.54) is 0 Å². The molecule has 2 N–H and O–H groups in total. The van der Waals surface area contributed by atoms with Crippen molar-refractivity contribution >= 4 is 27.8 Å². The lowest BCUT2D eigenvalue weighted by Gasteiger charge is -2.23. The molecule has 0 spiro atoms. The van der Waals surface area contributed by atoms with Crippen LogP contribution in [0.4, 0.5) is 0 Å². The number of amides is 1. The van der Waals surface area contributed by atoms with E-state index in [1.807, 2.05) is 13.0 Å². The van der Waals surface area contributed by atoms with Crippen LogP contribution in [0, 0.1) is 12.8 Å². The van der Waals surface area contributed by atoms with Crippen LogP contribution in [-0.2, 0) is 4.79 Å². The first-order valence-electron chi connectivity index (χ1n) is 7.29. The number of halogens is 1. The van der Waals surface area contributed by atoms with Crippen molar-refractivity contribution in [1.29, 1.82) is 0 Å². The maximum atomic E-state index is 12.3. The first-order chi connectivity index (χ1) is 9.99. The molecule has 5 heteroatoms. The zero-order valence-electron chi connectivity index (χ0n) is 12.1. The molecule has 0 aromatic heterocycles. The summed E-state index contributed by atoms with van der Waals surface area (Å²) >= 11 is 3.41. The first kappa shape index (κ1) is 16.0. The number of carbonyl (C=O) groups is 2. The van der Waals surface area contributed by atoms with E-state index in [9.17, 15) is 14.7 Å². The highest BCUT2D eigenvalue weighted by molar-refractivity contribution is 9.10. The molecule has 1 saturated carbocycles. The number of nitrogens with one attached hydrogen (secondary N) is 1. The van der Waals surface area contributed by atoms with Crippen molar-refractivity contribution in [2.45, 2.75) is 45.1 Å². The second kappa shape index (κ2) is 7.07. The lowest BCUT2D eigenvalue weighted by Crippen LogP contribution is -2.42. The predicted molar refractivity (Wildman–Crippen MR) is 84.3 cm³/mol. The third kappa shape index (κ3) is 4.06. The second-order valence-corrected chi connectivity index (χ2v) is 6.48. The number of carboxylic acid groups (broad SMARTS) is 1. The molecular weight excluding hydrogens is 334 g/mol. The van der Waals surface area contributed by atoms with E-state index in [4.69, 9.17) is 0 Å². The molecule has 0 saturated heterocycles. The molecule has 1 aliphatic carbocycles. The average Bonchev–Trinajstić information content (AvgIpc) is 2.67. The highest BCUT2D eigenvalue weighted by atomic mass is 79.9. The standard InChI is InChI=1S/C16H20BrNO3/c1-10-7-8-11(9-13(10)17)15(19)18-14-6-4-2-3-5-12(14)16(20)21/h7-9,12,14H,2-6H2,1H3,(H,18,19)(H,20,21). The molecule has 1 aromatic rings. The fourth-order valence-corrected chi connectivity index (χ4v) is 3.14. The molecule has 4 nitrogen and oxygen atoms in total. The number of aliphatic carboxylic acids is 1. The molecule has 0 radical (unpaired) electrons. The summed E-state index contributed by atoms with van der Waals surface area (Å²) in [5, 5.41) is 12.3. The monoisotopic (exact) mass is 353 g/mol. The van der Waals surface area contributed by atoms with Gasteiger partial charge in [-0.2, -0.15) is 0 Å². The molecule has 114 valence electrons. The van der Waals surface area contributed by atoms with Crippen molar-refractivity contribution in [3.63, 3.8) is 0 Å². The predicted octanol–water partition coefficient (Wildman–Crippen LogP) is 3.52. The Kier molecular flexibility index (Phi) is 5.39. The van der Waals surface area contributed by atoms with Crippen LogP contribution in [0.5, 0.6) is 0 Å². The van der Waals surface area contributed by atoms with Gasteiger partial charge in [-0.3, -0.25) is 9.59 Å². The average molecular weight is 354 g/mol. The lowest BCUT2D eigenvalue weighted by molar-refractivity contribution is -0.142. The SMILES string of the molecule is Cc1ccc(C(=O)NC2CCCCCC2C(=O)O)cc1Br. The minimum atomic E-state index is -0.813. The Bertz CT molecular complexity index is 544. The van der Waals surface area contributed by atoms with Gasteiger partial charge in [-0.15, -0.1) is 0 Å². The molecule has 1 fully saturated rings. The summed E-state index contributed by atoms with van der Waals surface area (Å²) in [6.07, 6.45) is 4.28. The Morgan fingerprint density at radius 3 is 2.62 bits per heavy atom. The van der Waals surface area contributed by atoms with Gasteiger partial charge in [0, 0.05) is 16.1 Å². The molecule has 2 rings (SSSR count). The molecular formula is C16H20BrNO3. The van der Waals surface area contributed by atoms with Gasteiger partial charge in [0.05, 0.1) is 5.92 Å². The van der Waals surface area contributed by atoms with Crippen LogP contribution in [-0.4, -0.2) is 23.0 Å². The van der Waals surface area contributed by atoms with E-state index in [-0.39, 0.29) is 11.9 Å². The Morgan fingerprint density at radius 2 is 1.95 bits per heavy atom. The van der Waals surface area contributed by atoms with E-state index in [0.717, 1.165) is 35.7 Å². The third-order valence-corrected chi connectivity index (χ3v) is 4.94. The van der Waals surface area contributed by atoms with Gasteiger partial charge in [0.25, 0.3) is 5.91 Å². The van der Waals surface area contributed by atoms with Crippen molar-refractivity contribution in [2.75, 3.05) is 0 Å². The van der Waals surface area contributed by atoms with Gasteiger partial charge < -0.3 is 10.4 Å². The van der Waals surface area contributed by atoms with Crippen LogP contribution in [0.25, 0.3) is 0 Å². The third-order valence-electron chi connectivity index (χ3n) is 4.08. The molecule has 1 aromatic carbocycles. The summed E-state index contributed by atoms with van der Waals surface area (Å²) in [6.45, 7) is 1.96. The minimum absolute atomic E-state index is 0.200. The number of hydrogen-bond donors (Lipinski definition) is 2. The Hall–Kier alpha value is -1.36. The van der Waals surface area contributed by atoms with Crippen molar-refractivity contribution in [1.82, 2.24) is 5.32 Å². The number of aryl methyl sites for hydroxylation is 1. The number of rotatable bonds is 3. The second-order valence-electron chi connectivity index (χ2n) is 5.63. The summed E-state index contributed by atoms with van der Waals surface area (Å²) in [7, 11) is 0. The summed E-state index contributed by atoms with van der Waals surface area (Å²) in [4.78, 5) is 23.7. The number of carboxylic acids is 1. The Balaban J connectivity index is 2.12. The molecule has 1 aliphatic rings. The van der Waals surface area contributed by atoms with Crippen LogP contribution in [0.3, 0.4) is 0 Å². The van der Waals surface area contributed by atoms with Crippen LogP contribution in [0.2, 0.25) is 0 Å². The highest BCUT2D eigenvalue weighted by Gasteiger charge is 2.30. The summed E-state index contributed by atoms with van der Waals surface area (Å²) < 4.78 is 0.880. The van der Waals surface area contributed by atoms with Gasteiger partial charge in [0.2, 0.25) is 0 Å². The Labute approximate surface area is 133 Å². The quantitative estimate of drug-likeness (QED) is 0.817. The van der Waals surface area contributed by atoms with E-state index in [2.05, 4.69) is 21.2 Å². The maximum absolute atomic E-state index is 12.3. The van der Waals surface area contributed by atoms with Gasteiger partial charge in [0.15, 0.2) is 0 Å². The molecule has 2 atom stereocenters. The van der Waals surface area contributed by atoms with Crippen LogP contribution >= 0.6 is 15.9 Å². The van der Waals surface area contributed by atoms with Crippen molar-refractivity contribution in [2.24, 2.45) is 5.92 Å². The highest BCUT2D eigenvalue weighted by Crippen LogP contribution is 2.24. The fraction of sp³-hybridized carbons (Fsp3) is 0.500. The van der Waals surface area contributed by atoms with Gasteiger partial charge in [-0.1, -0.05) is 41.3 Å². The number of hydrogen-bond acceptors (Lipinski definition) is 2. The van der Waals surface area contributed by atoms with E-state index < -0.39 is 11.9 Å². The number of carbonyl (C=O) groups excluding carboxylic acids is 1. The van der Waals surface area contributed by atoms with E-state index in [0.29, 0.717) is 12.0 Å². The summed E-state index contributed by atoms with van der Waals surface area (Å²) in [5.41, 5.74) is 1.62. The van der Waals surface area contributed by atoms with E-state index in [1.54, 1.807) is 12.1 Å². The molecule has 0 aliphatic heterocycles. The van der Waals surface area contributed by atoms with Gasteiger partial charge >= 0.3 is 5.97 Å². The molecule has 1 amide bonds. The van der Waals surface area contributed by atoms with Gasteiger partial charge in [0.1, 0.15) is 0 Å². The number of benzene rings is 1. The normalized spacial score (nSPS) is 22.4. The molecule has 0 heterocycles. The molecule has 21 heavy (non-hydrogen) atoms. The van der Waals surface area contributed by atoms with Crippen molar-refractivity contribution < 1.29 is 14.7 Å². The smallest absolute Gasteiger partial charge is 0.308 e. The zero-order valence-corrected chi connectivity index (χ0v) is 13.6. The first-order valence-corrected chi connectivity index (χ1v) is 8.08. The topological polar surface area (TPSA) is 66.4 Å². The van der Waals surface area contributed by atoms with Gasteiger partial charge in [-0.05, 0) is 37.5 Å². The van der Waals surface area contributed by atoms with Crippen LogP contribution in [0.1, 0.15) is 48.0 Å². The zero-order chi connectivity index (χ0) is 15.4. The fourth-order valence-electron chi connectivity index (χ4n) is 2.76. The van der Waals surface area contributed by atoms with Crippen LogP contribution in [0.15, 0.2) is 22.7 Å². The van der Waals surface area contributed by atoms with E-state index >= 15 is 0 Å². The Morgan fingerprint density at radius 1 is 1.24 bits per heavy atom. The summed E-state index contributed by atoms with van der Waals surface area (Å²) in [5.74, 6) is -1.49. The lowest BCUT2D eigenvalue weighted by atomic mass is 9.94. The van der Waals surface area contributed by atoms with Crippen molar-refractivity contribution in [3.8, 4) is 0 Å². The van der Waals surface area contributed by atoms with Gasteiger partial charge in [-0.25, -0.2) is 0 Å². The van der Waals surface area contributed by atoms with Crippen molar-refractivity contribution in [3.05, 3.63) is 33.8 Å². The molecule has 2 unspecified atom stereocenters. The maximum Gasteiger partial charge on any atom is 0.308 e. The van der Waals surface area contributed by atoms with Crippen LogP contribution < -0.4 is 5.32 Å². The minimum Gasteiger partial charge on any atom is -0.481 e.